The van der Waals surface area contributed by atoms with Crippen molar-refractivity contribution in [3.05, 3.63) is 52.6 Å². The molecule has 1 atom stereocenters. The van der Waals surface area contributed by atoms with Crippen LogP contribution in [0.5, 0.6) is 0 Å². The first-order chi connectivity index (χ1) is 13.4. The number of nitrogens with one attached hydrogen (secondary N) is 1. The van der Waals surface area contributed by atoms with Gasteiger partial charge in [0.1, 0.15) is 11.5 Å². The van der Waals surface area contributed by atoms with Crippen LogP contribution in [0.25, 0.3) is 0 Å². The van der Waals surface area contributed by atoms with Crippen molar-refractivity contribution in [3.8, 4) is 0 Å². The van der Waals surface area contributed by atoms with Crippen LogP contribution in [0.15, 0.2) is 24.3 Å². The van der Waals surface area contributed by atoms with E-state index in [1.807, 2.05) is 38.3 Å². The maximum atomic E-state index is 14.3. The van der Waals surface area contributed by atoms with Gasteiger partial charge in [-0.3, -0.25) is 4.79 Å². The Bertz CT molecular complexity index is 841. The quantitative estimate of drug-likeness (QED) is 0.823. The lowest BCUT2D eigenvalue weighted by Crippen LogP contribution is -2.37. The number of halogens is 1. The number of rotatable bonds is 6. The summed E-state index contributed by atoms with van der Waals surface area (Å²) in [5, 5.41) is 3.07. The Morgan fingerprint density at radius 1 is 1.25 bits per heavy atom. The summed E-state index contributed by atoms with van der Waals surface area (Å²) in [6.07, 6.45) is 0.855. The molecular formula is C22H30FN3O2. The smallest absolute Gasteiger partial charge is 0.268 e. The van der Waals surface area contributed by atoms with Crippen molar-refractivity contribution in [2.75, 3.05) is 31.2 Å². The van der Waals surface area contributed by atoms with Gasteiger partial charge in [0.25, 0.3) is 5.91 Å². The Kier molecular flexibility index (Phi) is 6.39. The molecule has 3 rings (SSSR count). The van der Waals surface area contributed by atoms with E-state index in [0.29, 0.717) is 31.0 Å². The van der Waals surface area contributed by atoms with E-state index in [4.69, 9.17) is 4.74 Å². The molecule has 1 aromatic heterocycles. The molecule has 2 aromatic rings. The zero-order valence-electron chi connectivity index (χ0n) is 17.2. The van der Waals surface area contributed by atoms with Gasteiger partial charge in [0, 0.05) is 36.0 Å². The molecule has 1 amide bonds. The van der Waals surface area contributed by atoms with Crippen LogP contribution in [0.4, 0.5) is 10.1 Å². The Morgan fingerprint density at radius 3 is 2.57 bits per heavy atom. The fourth-order valence-corrected chi connectivity index (χ4v) is 3.82. The molecule has 0 saturated carbocycles. The Hall–Kier alpha value is -2.34. The molecule has 0 bridgehead atoms. The van der Waals surface area contributed by atoms with Crippen molar-refractivity contribution in [2.24, 2.45) is 0 Å². The molecule has 1 aliphatic rings. The average molecular weight is 387 g/mol. The highest BCUT2D eigenvalue weighted by atomic mass is 19.1. The maximum absolute atomic E-state index is 14.3. The Morgan fingerprint density at radius 2 is 1.93 bits per heavy atom. The average Bonchev–Trinajstić information content (AvgIpc) is 2.94. The molecule has 1 aliphatic heterocycles. The van der Waals surface area contributed by atoms with E-state index in [2.05, 4.69) is 10.2 Å². The summed E-state index contributed by atoms with van der Waals surface area (Å²) in [7, 11) is 0. The first-order valence-electron chi connectivity index (χ1n) is 10.0. The van der Waals surface area contributed by atoms with E-state index in [-0.39, 0.29) is 17.8 Å². The third-order valence-electron chi connectivity index (χ3n) is 5.55. The van der Waals surface area contributed by atoms with Gasteiger partial charge in [0.2, 0.25) is 0 Å². The van der Waals surface area contributed by atoms with Crippen LogP contribution >= 0.6 is 0 Å². The highest BCUT2D eigenvalue weighted by Crippen LogP contribution is 2.32. The number of carbonyl (C=O) groups is 1. The number of hydrogen-bond acceptors (Lipinski definition) is 3. The van der Waals surface area contributed by atoms with Crippen LogP contribution in [0.3, 0.4) is 0 Å². The molecular weight excluding hydrogens is 357 g/mol. The lowest BCUT2D eigenvalue weighted by molar-refractivity contribution is 0.0929. The molecule has 2 heterocycles. The largest absolute Gasteiger partial charge is 0.378 e. The normalized spacial score (nSPS) is 15.5. The highest BCUT2D eigenvalue weighted by Gasteiger charge is 2.27. The molecule has 6 heteroatoms. The fraction of sp³-hybridized carbons (Fsp3) is 0.500. The Balaban J connectivity index is 2.06. The number of anilines is 1. The zero-order chi connectivity index (χ0) is 20.3. The first-order valence-corrected chi connectivity index (χ1v) is 10.0. The topological polar surface area (TPSA) is 46.5 Å². The molecule has 1 saturated heterocycles. The standard InChI is InChI=1S/C22H30FN3O2/c1-5-15(2)24-22(27)21-16(3)20(25-10-12-28-13-11-25)17(4)26(21)14-18-8-6-7-9-19(18)23/h6-9,15H,5,10-14H2,1-4H3,(H,24,27)/t15-/m0/s1. The van der Waals surface area contributed by atoms with Crippen LogP contribution in [0.1, 0.15) is 47.6 Å². The summed E-state index contributed by atoms with van der Waals surface area (Å²) in [5.41, 5.74) is 4.18. The predicted molar refractivity (Wildman–Crippen MR) is 110 cm³/mol. The van der Waals surface area contributed by atoms with Gasteiger partial charge in [0.15, 0.2) is 0 Å². The molecule has 28 heavy (non-hydrogen) atoms. The van der Waals surface area contributed by atoms with Crippen molar-refractivity contribution < 1.29 is 13.9 Å². The second kappa shape index (κ2) is 8.78. The molecule has 152 valence electrons. The number of morpholine rings is 1. The number of amides is 1. The van der Waals surface area contributed by atoms with Gasteiger partial charge in [-0.2, -0.15) is 0 Å². The molecule has 1 fully saturated rings. The van der Waals surface area contributed by atoms with Gasteiger partial charge in [-0.05, 0) is 33.3 Å². The second-order valence-corrected chi connectivity index (χ2v) is 7.47. The number of carbonyl (C=O) groups excluding carboxylic acids is 1. The molecule has 1 aromatic carbocycles. The van der Waals surface area contributed by atoms with E-state index < -0.39 is 0 Å². The van der Waals surface area contributed by atoms with Crippen LogP contribution < -0.4 is 10.2 Å². The van der Waals surface area contributed by atoms with Gasteiger partial charge in [-0.1, -0.05) is 25.1 Å². The minimum atomic E-state index is -0.255. The van der Waals surface area contributed by atoms with Crippen molar-refractivity contribution in [1.82, 2.24) is 9.88 Å². The van der Waals surface area contributed by atoms with Gasteiger partial charge in [-0.25, -0.2) is 4.39 Å². The highest BCUT2D eigenvalue weighted by molar-refractivity contribution is 5.96. The fourth-order valence-electron chi connectivity index (χ4n) is 3.82. The van der Waals surface area contributed by atoms with E-state index in [0.717, 1.165) is 36.5 Å². The molecule has 0 spiro atoms. The summed E-state index contributed by atoms with van der Waals surface area (Å²) < 4.78 is 21.8. The van der Waals surface area contributed by atoms with Crippen molar-refractivity contribution in [2.45, 2.75) is 46.7 Å². The lowest BCUT2D eigenvalue weighted by atomic mass is 10.1. The number of ether oxygens (including phenoxy) is 1. The first kappa shape index (κ1) is 20.4. The van der Waals surface area contributed by atoms with Gasteiger partial charge in [0.05, 0.1) is 25.4 Å². The van der Waals surface area contributed by atoms with Crippen molar-refractivity contribution >= 4 is 11.6 Å². The molecule has 0 unspecified atom stereocenters. The van der Waals surface area contributed by atoms with Gasteiger partial charge >= 0.3 is 0 Å². The molecule has 1 N–H and O–H groups in total. The second-order valence-electron chi connectivity index (χ2n) is 7.47. The summed E-state index contributed by atoms with van der Waals surface area (Å²) in [6.45, 7) is 11.3. The minimum Gasteiger partial charge on any atom is -0.378 e. The third-order valence-corrected chi connectivity index (χ3v) is 5.55. The van der Waals surface area contributed by atoms with Crippen LogP contribution in [0.2, 0.25) is 0 Å². The van der Waals surface area contributed by atoms with Crippen molar-refractivity contribution in [1.29, 1.82) is 0 Å². The third kappa shape index (κ3) is 4.07. The zero-order valence-corrected chi connectivity index (χ0v) is 17.2. The van der Waals surface area contributed by atoms with E-state index in [1.165, 1.54) is 6.07 Å². The van der Waals surface area contributed by atoms with Crippen molar-refractivity contribution in [3.63, 3.8) is 0 Å². The van der Waals surface area contributed by atoms with Gasteiger partial charge in [-0.15, -0.1) is 0 Å². The Labute approximate surface area is 166 Å². The van der Waals surface area contributed by atoms with E-state index in [9.17, 15) is 9.18 Å². The summed E-state index contributed by atoms with van der Waals surface area (Å²) in [6, 6.07) is 6.82. The predicted octanol–water partition coefficient (Wildman–Crippen LogP) is 3.66. The molecule has 5 nitrogen and oxygen atoms in total. The number of benzene rings is 1. The summed E-state index contributed by atoms with van der Waals surface area (Å²) in [5.74, 6) is -0.361. The number of nitrogens with zero attached hydrogens (tertiary/aromatic N) is 2. The SMILES string of the molecule is CC[C@H](C)NC(=O)c1c(C)c(N2CCOCC2)c(C)n1Cc1ccccc1F. The van der Waals surface area contributed by atoms with Crippen LogP contribution in [-0.4, -0.2) is 42.8 Å². The molecule has 0 radical (unpaired) electrons. The summed E-state index contributed by atoms with van der Waals surface area (Å²) >= 11 is 0. The van der Waals surface area contributed by atoms with E-state index in [1.54, 1.807) is 12.1 Å². The van der Waals surface area contributed by atoms with Crippen LogP contribution in [-0.2, 0) is 11.3 Å². The van der Waals surface area contributed by atoms with E-state index >= 15 is 0 Å². The van der Waals surface area contributed by atoms with Gasteiger partial charge < -0.3 is 19.5 Å². The lowest BCUT2D eigenvalue weighted by Gasteiger charge is -2.29. The number of hydrogen-bond donors (Lipinski definition) is 1. The maximum Gasteiger partial charge on any atom is 0.268 e. The minimum absolute atomic E-state index is 0.0795. The number of aromatic nitrogens is 1. The van der Waals surface area contributed by atoms with Crippen LogP contribution in [0, 0.1) is 19.7 Å². The summed E-state index contributed by atoms with van der Waals surface area (Å²) in [4.78, 5) is 15.4. The molecule has 0 aliphatic carbocycles. The monoisotopic (exact) mass is 387 g/mol.